The van der Waals surface area contributed by atoms with Crippen molar-refractivity contribution >= 4 is 0 Å². The number of halogens is 1. The van der Waals surface area contributed by atoms with Crippen LogP contribution >= 0.6 is 0 Å². The van der Waals surface area contributed by atoms with E-state index in [1.54, 1.807) is 12.1 Å². The molecule has 31 heavy (non-hydrogen) atoms. The number of rotatable bonds is 4. The van der Waals surface area contributed by atoms with E-state index >= 15 is 0 Å². The third-order valence-corrected chi connectivity index (χ3v) is 5.01. The van der Waals surface area contributed by atoms with E-state index in [1.165, 1.54) is 6.07 Å². The second kappa shape index (κ2) is 8.28. The Hall–Kier alpha value is -4.18. The number of hydrogen-bond donors (Lipinski definition) is 0. The van der Waals surface area contributed by atoms with Gasteiger partial charge in [-0.15, -0.1) is 0 Å². The van der Waals surface area contributed by atoms with Crippen LogP contribution in [-0.2, 0) is 0 Å². The Kier molecular flexibility index (Phi) is 5.03. The molecule has 0 saturated heterocycles. The third kappa shape index (κ3) is 3.96. The maximum atomic E-state index is 14.9. The molecule has 0 saturated carbocycles. The van der Waals surface area contributed by atoms with Crippen molar-refractivity contribution in [3.05, 3.63) is 115 Å². The van der Waals surface area contributed by atoms with Gasteiger partial charge in [0.15, 0.2) is 17.5 Å². The minimum Gasteiger partial charge on any atom is -0.208 e. The van der Waals surface area contributed by atoms with Crippen molar-refractivity contribution in [2.45, 2.75) is 0 Å². The molecule has 0 spiro atoms. The molecular weight excluding hydrogens is 385 g/mol. The molecule has 5 aromatic rings. The van der Waals surface area contributed by atoms with Crippen molar-refractivity contribution in [3.8, 4) is 45.3 Å². The summed E-state index contributed by atoms with van der Waals surface area (Å²) in [4.78, 5) is 13.9. The van der Waals surface area contributed by atoms with Gasteiger partial charge in [-0.3, -0.25) is 0 Å². The summed E-state index contributed by atoms with van der Waals surface area (Å²) >= 11 is 0. The molecule has 0 atom stereocenters. The van der Waals surface area contributed by atoms with Gasteiger partial charge in [0.25, 0.3) is 0 Å². The molecule has 5 rings (SSSR count). The number of aromatic nitrogens is 3. The fourth-order valence-corrected chi connectivity index (χ4v) is 3.44. The van der Waals surface area contributed by atoms with Crippen LogP contribution in [0.5, 0.6) is 0 Å². The highest BCUT2D eigenvalue weighted by Crippen LogP contribution is 2.29. The molecule has 3 nitrogen and oxygen atoms in total. The normalized spacial score (nSPS) is 10.7. The minimum atomic E-state index is -0.371. The van der Waals surface area contributed by atoms with Gasteiger partial charge in [0.05, 0.1) is 5.56 Å². The Morgan fingerprint density at radius 3 is 1.39 bits per heavy atom. The van der Waals surface area contributed by atoms with Gasteiger partial charge in [0, 0.05) is 11.1 Å². The molecule has 0 aliphatic heterocycles. The van der Waals surface area contributed by atoms with Crippen molar-refractivity contribution < 1.29 is 4.39 Å². The Bertz CT molecular complexity index is 1260. The van der Waals surface area contributed by atoms with Gasteiger partial charge in [-0.05, 0) is 23.3 Å². The molecule has 4 aromatic carbocycles. The number of nitrogens with zero attached hydrogens (tertiary/aromatic N) is 3. The van der Waals surface area contributed by atoms with E-state index in [-0.39, 0.29) is 5.82 Å². The largest absolute Gasteiger partial charge is 0.208 e. The molecule has 0 radical (unpaired) electrons. The predicted molar refractivity (Wildman–Crippen MR) is 122 cm³/mol. The van der Waals surface area contributed by atoms with Crippen LogP contribution in [-0.4, -0.2) is 15.0 Å². The molecule has 0 bridgehead atoms. The summed E-state index contributed by atoms with van der Waals surface area (Å²) in [6.45, 7) is 0. The topological polar surface area (TPSA) is 38.7 Å². The van der Waals surface area contributed by atoms with Crippen LogP contribution < -0.4 is 0 Å². The maximum Gasteiger partial charge on any atom is 0.167 e. The average Bonchev–Trinajstić information content (AvgIpc) is 2.86. The number of hydrogen-bond acceptors (Lipinski definition) is 3. The highest BCUT2D eigenvalue weighted by atomic mass is 19.1. The molecule has 148 valence electrons. The van der Waals surface area contributed by atoms with Crippen LogP contribution in [0, 0.1) is 5.82 Å². The lowest BCUT2D eigenvalue weighted by molar-refractivity contribution is 0.630. The zero-order chi connectivity index (χ0) is 21.0. The summed E-state index contributed by atoms with van der Waals surface area (Å²) in [6.07, 6.45) is 0. The summed E-state index contributed by atoms with van der Waals surface area (Å²) in [7, 11) is 0. The van der Waals surface area contributed by atoms with Gasteiger partial charge in [-0.2, -0.15) is 0 Å². The van der Waals surface area contributed by atoms with Crippen LogP contribution in [0.15, 0.2) is 109 Å². The summed E-state index contributed by atoms with van der Waals surface area (Å²) < 4.78 is 14.9. The maximum absolute atomic E-state index is 14.9. The van der Waals surface area contributed by atoms with Crippen LogP contribution in [0.3, 0.4) is 0 Å². The highest BCUT2D eigenvalue weighted by molar-refractivity contribution is 5.72. The van der Waals surface area contributed by atoms with Crippen LogP contribution in [0.25, 0.3) is 45.3 Å². The Labute approximate surface area is 179 Å². The minimum absolute atomic E-state index is 0.308. The molecule has 0 amide bonds. The highest BCUT2D eigenvalue weighted by Gasteiger charge is 2.15. The first-order valence-electron chi connectivity index (χ1n) is 10.0. The molecule has 0 N–H and O–H groups in total. The van der Waals surface area contributed by atoms with Crippen molar-refractivity contribution in [2.24, 2.45) is 0 Å². The van der Waals surface area contributed by atoms with Gasteiger partial charge >= 0.3 is 0 Å². The first-order valence-corrected chi connectivity index (χ1v) is 10.0. The molecule has 1 heterocycles. The summed E-state index contributed by atoms with van der Waals surface area (Å²) in [5.74, 6) is 0.954. The van der Waals surface area contributed by atoms with Gasteiger partial charge in [-0.1, -0.05) is 97.1 Å². The molecule has 0 unspecified atom stereocenters. The zero-order valence-electron chi connectivity index (χ0n) is 16.6. The van der Waals surface area contributed by atoms with Crippen molar-refractivity contribution in [1.29, 1.82) is 0 Å². The van der Waals surface area contributed by atoms with E-state index in [4.69, 9.17) is 0 Å². The average molecular weight is 403 g/mol. The first kappa shape index (κ1) is 18.8. The summed E-state index contributed by atoms with van der Waals surface area (Å²) in [5.41, 5.74) is 3.95. The summed E-state index contributed by atoms with van der Waals surface area (Å²) in [5, 5.41) is 0. The van der Waals surface area contributed by atoms with Crippen molar-refractivity contribution in [2.75, 3.05) is 0 Å². The standard InChI is InChI=1S/C27H18FN3/c28-24-17-16-22(19-10-4-1-5-11-19)18-23(24)27-30-25(20-12-6-2-7-13-20)29-26(31-27)21-14-8-3-9-15-21/h1-18H. The molecule has 1 aromatic heterocycles. The van der Waals surface area contributed by atoms with E-state index in [2.05, 4.69) is 15.0 Å². The van der Waals surface area contributed by atoms with Crippen LogP contribution in [0.4, 0.5) is 4.39 Å². The van der Waals surface area contributed by atoms with Gasteiger partial charge in [0.2, 0.25) is 0 Å². The van der Waals surface area contributed by atoms with Crippen molar-refractivity contribution in [3.63, 3.8) is 0 Å². The molecular formula is C27H18FN3. The molecule has 0 aliphatic rings. The fourth-order valence-electron chi connectivity index (χ4n) is 3.44. The lowest BCUT2D eigenvalue weighted by atomic mass is 10.0. The van der Waals surface area contributed by atoms with Crippen LogP contribution in [0.1, 0.15) is 0 Å². The van der Waals surface area contributed by atoms with Gasteiger partial charge in [-0.25, -0.2) is 19.3 Å². The smallest absolute Gasteiger partial charge is 0.167 e. The third-order valence-electron chi connectivity index (χ3n) is 5.01. The predicted octanol–water partition coefficient (Wildman–Crippen LogP) is 6.68. The van der Waals surface area contributed by atoms with E-state index in [0.29, 0.717) is 23.0 Å². The molecule has 0 fully saturated rings. The second-order valence-electron chi connectivity index (χ2n) is 7.10. The first-order chi connectivity index (χ1) is 15.3. The summed E-state index contributed by atoms with van der Waals surface area (Å²) in [6, 6.07) is 34.2. The Morgan fingerprint density at radius 1 is 0.419 bits per heavy atom. The Balaban J connectivity index is 1.70. The molecule has 0 aliphatic carbocycles. The lowest BCUT2D eigenvalue weighted by Gasteiger charge is -2.10. The van der Waals surface area contributed by atoms with Gasteiger partial charge in [0.1, 0.15) is 5.82 Å². The SMILES string of the molecule is Fc1ccc(-c2ccccc2)cc1-c1nc(-c2ccccc2)nc(-c2ccccc2)n1. The van der Waals surface area contributed by atoms with E-state index in [0.717, 1.165) is 22.3 Å². The van der Waals surface area contributed by atoms with Crippen molar-refractivity contribution in [1.82, 2.24) is 15.0 Å². The van der Waals surface area contributed by atoms with E-state index in [1.807, 2.05) is 91.0 Å². The Morgan fingerprint density at radius 2 is 0.871 bits per heavy atom. The lowest BCUT2D eigenvalue weighted by Crippen LogP contribution is -2.01. The number of benzene rings is 4. The van der Waals surface area contributed by atoms with Crippen LogP contribution in [0.2, 0.25) is 0 Å². The quantitative estimate of drug-likeness (QED) is 0.336. The molecule has 4 heteroatoms. The van der Waals surface area contributed by atoms with E-state index < -0.39 is 0 Å². The monoisotopic (exact) mass is 403 g/mol. The van der Waals surface area contributed by atoms with E-state index in [9.17, 15) is 4.39 Å². The second-order valence-corrected chi connectivity index (χ2v) is 7.10. The zero-order valence-corrected chi connectivity index (χ0v) is 16.6. The van der Waals surface area contributed by atoms with Gasteiger partial charge < -0.3 is 0 Å². The fraction of sp³-hybridized carbons (Fsp3) is 0.